The molecule has 1 aliphatic heterocycles. The topological polar surface area (TPSA) is 20.1 Å². The Balaban J connectivity index is 2.11. The fourth-order valence-corrected chi connectivity index (χ4v) is 2.01. The highest BCUT2D eigenvalue weighted by Crippen LogP contribution is 2.21. The van der Waals surface area contributed by atoms with Gasteiger partial charge in [-0.2, -0.15) is 0 Å². The van der Waals surface area contributed by atoms with Crippen molar-refractivity contribution in [1.82, 2.24) is 0 Å². The van der Waals surface area contributed by atoms with Crippen LogP contribution in [0.4, 0.5) is 0 Å². The molecular formula is C10H10NOS+. The molecule has 1 aromatic carbocycles. The molecule has 3 heteroatoms. The molecule has 0 unspecified atom stereocenters. The van der Waals surface area contributed by atoms with Crippen LogP contribution in [0.1, 0.15) is 5.56 Å². The largest absolute Gasteiger partial charge is 0.251 e. The van der Waals surface area contributed by atoms with Crippen molar-refractivity contribution in [3.8, 4) is 0 Å². The Labute approximate surface area is 81.4 Å². The number of hydrogen-bond acceptors (Lipinski definition) is 2. The molecule has 2 rings (SSSR count). The minimum Gasteiger partial charge on any atom is -0.0622 e. The summed E-state index contributed by atoms with van der Waals surface area (Å²) in [5.41, 5.74) is 2.06. The Kier molecular flexibility index (Phi) is 2.45. The van der Waals surface area contributed by atoms with Gasteiger partial charge >= 0.3 is 0 Å². The Hall–Kier alpha value is -1.09. The highest BCUT2D eigenvalue weighted by atomic mass is 32.2. The molecule has 13 heavy (non-hydrogen) atoms. The zero-order valence-corrected chi connectivity index (χ0v) is 7.96. The van der Waals surface area contributed by atoms with Crippen molar-refractivity contribution in [1.29, 1.82) is 0 Å². The lowest BCUT2D eigenvalue weighted by Crippen LogP contribution is -1.96. The van der Waals surface area contributed by atoms with Crippen LogP contribution < -0.4 is 0 Å². The Morgan fingerprint density at radius 1 is 1.31 bits per heavy atom. The summed E-state index contributed by atoms with van der Waals surface area (Å²) in [5.74, 6) is 0.811. The summed E-state index contributed by atoms with van der Waals surface area (Å²) in [4.78, 5) is 11.2. The summed E-state index contributed by atoms with van der Waals surface area (Å²) in [5, 5.41) is 0. The van der Waals surface area contributed by atoms with Gasteiger partial charge in [-0.25, -0.2) is 0 Å². The molecule has 0 N–H and O–H groups in total. The molecule has 0 fully saturated rings. The fourth-order valence-electron chi connectivity index (χ4n) is 1.30. The van der Waals surface area contributed by atoms with Crippen LogP contribution in [0.25, 0.3) is 0 Å². The zero-order chi connectivity index (χ0) is 9.10. The molecule has 2 nitrogen and oxygen atoms in total. The smallest absolute Gasteiger partial charge is 0.0622 e. The van der Waals surface area contributed by atoms with Crippen LogP contribution in [0.3, 0.4) is 0 Å². The van der Waals surface area contributed by atoms with Gasteiger partial charge in [0.1, 0.15) is 4.17 Å². The Morgan fingerprint density at radius 2 is 2.08 bits per heavy atom. The van der Waals surface area contributed by atoms with Crippen LogP contribution in [-0.4, -0.2) is 9.92 Å². The predicted octanol–water partition coefficient (Wildman–Crippen LogP) is 2.55. The Bertz CT molecular complexity index is 345. The van der Waals surface area contributed by atoms with Crippen molar-refractivity contribution in [2.75, 3.05) is 5.75 Å². The standard InChI is InChI=1S/C10H10NOS/c12-11-10(6-7-13-11)8-9-4-2-1-3-5-9/h1-6H,7-8H2/q+1. The third kappa shape index (κ3) is 1.98. The minimum absolute atomic E-state index is 0.747. The molecule has 0 amide bonds. The molecule has 0 saturated heterocycles. The average Bonchev–Trinajstić information content (AvgIpc) is 2.54. The molecule has 0 bridgehead atoms. The van der Waals surface area contributed by atoms with Crippen LogP contribution in [0.5, 0.6) is 0 Å². The highest BCUT2D eigenvalue weighted by molar-refractivity contribution is 7.93. The maximum absolute atomic E-state index is 11.2. The van der Waals surface area contributed by atoms with E-state index >= 15 is 0 Å². The molecule has 1 aromatic rings. The van der Waals surface area contributed by atoms with E-state index in [0.29, 0.717) is 0 Å². The van der Waals surface area contributed by atoms with Gasteiger partial charge in [-0.05, 0) is 5.56 Å². The number of nitrogens with zero attached hydrogens (tertiary/aromatic N) is 1. The lowest BCUT2D eigenvalue weighted by atomic mass is 10.1. The van der Waals surface area contributed by atoms with Crippen LogP contribution in [0, 0.1) is 4.91 Å². The number of nitroso groups, excluding NO2 is 1. The molecule has 0 aromatic heterocycles. The highest BCUT2D eigenvalue weighted by Gasteiger charge is 2.25. The van der Waals surface area contributed by atoms with Crippen molar-refractivity contribution >= 4 is 11.9 Å². The van der Waals surface area contributed by atoms with E-state index in [1.54, 1.807) is 0 Å². The predicted molar refractivity (Wildman–Crippen MR) is 54.3 cm³/mol. The quantitative estimate of drug-likeness (QED) is 0.530. The first kappa shape index (κ1) is 8.51. The van der Waals surface area contributed by atoms with Gasteiger partial charge in [0.25, 0.3) is 5.70 Å². The van der Waals surface area contributed by atoms with E-state index in [1.165, 1.54) is 17.5 Å². The van der Waals surface area contributed by atoms with Crippen molar-refractivity contribution in [3.63, 3.8) is 0 Å². The second-order valence-corrected chi connectivity index (χ2v) is 3.83. The molecule has 66 valence electrons. The van der Waals surface area contributed by atoms with E-state index in [1.807, 2.05) is 36.4 Å². The summed E-state index contributed by atoms with van der Waals surface area (Å²) < 4.78 is 1.01. The van der Waals surface area contributed by atoms with Crippen molar-refractivity contribution in [2.24, 2.45) is 0 Å². The van der Waals surface area contributed by atoms with Crippen molar-refractivity contribution in [3.05, 3.63) is 52.6 Å². The number of allylic oxidation sites excluding steroid dienone is 1. The van der Waals surface area contributed by atoms with Gasteiger partial charge < -0.3 is 0 Å². The second-order valence-electron chi connectivity index (χ2n) is 2.91. The first-order valence-electron chi connectivity index (χ1n) is 4.19. The first-order chi connectivity index (χ1) is 6.36. The molecule has 0 saturated carbocycles. The molecule has 1 heterocycles. The van der Waals surface area contributed by atoms with Gasteiger partial charge in [0.05, 0.1) is 12.2 Å². The summed E-state index contributed by atoms with van der Waals surface area (Å²) >= 11 is 1.31. The molecule has 0 spiro atoms. The maximum atomic E-state index is 11.2. The number of benzene rings is 1. The zero-order valence-electron chi connectivity index (χ0n) is 7.14. The normalized spacial score (nSPS) is 16.0. The third-order valence-corrected chi connectivity index (χ3v) is 2.76. The summed E-state index contributed by atoms with van der Waals surface area (Å²) in [7, 11) is 0. The molecule has 0 atom stereocenters. The van der Waals surface area contributed by atoms with Crippen LogP contribution in [0.15, 0.2) is 42.1 Å². The average molecular weight is 192 g/mol. The van der Waals surface area contributed by atoms with E-state index in [4.69, 9.17) is 0 Å². The molecular weight excluding hydrogens is 182 g/mol. The monoisotopic (exact) mass is 192 g/mol. The van der Waals surface area contributed by atoms with Gasteiger partial charge in [0.2, 0.25) is 11.9 Å². The maximum Gasteiger partial charge on any atom is 0.251 e. The van der Waals surface area contributed by atoms with Gasteiger partial charge in [-0.15, -0.1) is 0 Å². The van der Waals surface area contributed by atoms with Gasteiger partial charge in [-0.3, -0.25) is 0 Å². The third-order valence-electron chi connectivity index (χ3n) is 1.97. The second kappa shape index (κ2) is 3.75. The fraction of sp³-hybridized carbons (Fsp3) is 0.200. The summed E-state index contributed by atoms with van der Waals surface area (Å²) in [6.45, 7) is 0. The number of hydrogen-bond donors (Lipinski definition) is 0. The van der Waals surface area contributed by atoms with Gasteiger partial charge in [0, 0.05) is 11.0 Å². The summed E-state index contributed by atoms with van der Waals surface area (Å²) in [6.07, 6.45) is 2.74. The first-order valence-corrected chi connectivity index (χ1v) is 5.13. The van der Waals surface area contributed by atoms with Crippen LogP contribution in [-0.2, 0) is 6.42 Å². The lowest BCUT2D eigenvalue weighted by Gasteiger charge is -1.93. The minimum atomic E-state index is 0.747. The van der Waals surface area contributed by atoms with E-state index in [0.717, 1.165) is 22.0 Å². The van der Waals surface area contributed by atoms with Crippen molar-refractivity contribution in [2.45, 2.75) is 6.42 Å². The van der Waals surface area contributed by atoms with Gasteiger partial charge in [-0.1, -0.05) is 30.3 Å². The lowest BCUT2D eigenvalue weighted by molar-refractivity contribution is -0.308. The summed E-state index contributed by atoms with van der Waals surface area (Å²) in [6, 6.07) is 10.0. The van der Waals surface area contributed by atoms with E-state index in [2.05, 4.69) is 0 Å². The van der Waals surface area contributed by atoms with E-state index in [-0.39, 0.29) is 0 Å². The molecule has 1 aliphatic rings. The van der Waals surface area contributed by atoms with Gasteiger partial charge in [0.15, 0.2) is 0 Å². The Morgan fingerprint density at radius 3 is 2.69 bits per heavy atom. The molecule has 0 aliphatic carbocycles. The van der Waals surface area contributed by atoms with E-state index in [9.17, 15) is 4.91 Å². The van der Waals surface area contributed by atoms with Crippen LogP contribution >= 0.6 is 11.9 Å². The molecule has 0 radical (unpaired) electrons. The SMILES string of the molecule is O=[N+]1SCC=C1Cc1ccccc1. The van der Waals surface area contributed by atoms with Crippen molar-refractivity contribution < 1.29 is 4.17 Å². The van der Waals surface area contributed by atoms with Crippen LogP contribution in [0.2, 0.25) is 0 Å². The number of rotatable bonds is 2. The van der Waals surface area contributed by atoms with E-state index < -0.39 is 0 Å².